The average molecular weight is 631 g/mol. The van der Waals surface area contributed by atoms with Gasteiger partial charge in [-0.1, -0.05) is 0 Å². The molecule has 1 heterocycles. The average Bonchev–Trinajstić information content (AvgIpc) is 2.99. The molecular weight excluding hydrogens is 606 g/mol. The van der Waals surface area contributed by atoms with Crippen LogP contribution in [0, 0.1) is 22.7 Å². The summed E-state index contributed by atoms with van der Waals surface area (Å²) in [5, 5.41) is 22.1. The van der Waals surface area contributed by atoms with Crippen molar-refractivity contribution in [2.24, 2.45) is 23.2 Å². The number of hydrazine groups is 2. The zero-order chi connectivity index (χ0) is 33.7. The first-order chi connectivity index (χ1) is 21.0. The van der Waals surface area contributed by atoms with E-state index in [-0.39, 0.29) is 46.3 Å². The first-order valence-electron chi connectivity index (χ1n) is 12.6. The molecule has 9 N–H and O–H groups in total. The molecule has 1 amide bonds. The van der Waals surface area contributed by atoms with E-state index in [1.54, 1.807) is 6.92 Å². The number of alkyl halides is 6. The second-order valence-corrected chi connectivity index (χ2v) is 9.15. The summed E-state index contributed by atoms with van der Waals surface area (Å²) in [5.74, 6) is 11.3. The smallest absolute Gasteiger partial charge is 0.396 e. The molecule has 0 saturated heterocycles. The molecule has 0 aliphatic heterocycles. The minimum atomic E-state index is -4.85. The first-order valence-corrected chi connectivity index (χ1v) is 12.6. The van der Waals surface area contributed by atoms with E-state index in [0.717, 1.165) is 46.7 Å². The van der Waals surface area contributed by atoms with Gasteiger partial charge in [0.15, 0.2) is 0 Å². The maximum Gasteiger partial charge on any atom is 0.417 e. The van der Waals surface area contributed by atoms with Gasteiger partial charge in [0.25, 0.3) is 5.91 Å². The van der Waals surface area contributed by atoms with Crippen LogP contribution in [-0.4, -0.2) is 17.4 Å². The number of amides is 1. The Bertz CT molecular complexity index is 1640. The number of nitrogens with two attached hydrogens (primary N) is 4. The number of pyridine rings is 1. The maximum atomic E-state index is 13.4. The van der Waals surface area contributed by atoms with Crippen LogP contribution in [0.2, 0.25) is 0 Å². The zero-order valence-electron chi connectivity index (χ0n) is 23.2. The number of carbonyl (C=O) groups excluding carboxylic acids is 1. The Balaban J connectivity index is 2.06. The van der Waals surface area contributed by atoms with Gasteiger partial charge in [0.1, 0.15) is 0 Å². The van der Waals surface area contributed by atoms with Gasteiger partial charge in [0.05, 0.1) is 68.5 Å². The van der Waals surface area contributed by atoms with Crippen LogP contribution in [0.3, 0.4) is 0 Å². The van der Waals surface area contributed by atoms with Gasteiger partial charge in [-0.25, -0.2) is 16.7 Å². The molecule has 45 heavy (non-hydrogen) atoms. The standard InChI is InChI=1S/C28H24F6N10O/c1-2-41-26(45)17-7-24(22(37)13-43(39)18-5-3-15(11-35)20(9-18)27(29,30)31)42-25(8-17)23(38)14-44(40)19-6-4-16(12-36)21(10-19)28(32,33)34/h3-10,13-14H,2,37-40H2,1H3,(H,41,45)/b22-13-,23-14-. The molecule has 234 valence electrons. The zero-order valence-corrected chi connectivity index (χ0v) is 23.2. The Kier molecular flexibility index (Phi) is 9.93. The molecule has 1 aromatic heterocycles. The predicted octanol–water partition coefficient (Wildman–Crippen LogP) is 3.89. The second kappa shape index (κ2) is 13.2. The van der Waals surface area contributed by atoms with Gasteiger partial charge in [-0.3, -0.25) is 14.8 Å². The van der Waals surface area contributed by atoms with Crippen LogP contribution in [0.15, 0.2) is 60.9 Å². The number of halogens is 6. The summed E-state index contributed by atoms with van der Waals surface area (Å²) >= 11 is 0. The van der Waals surface area contributed by atoms with Crippen molar-refractivity contribution in [3.05, 3.63) is 100 Å². The van der Waals surface area contributed by atoms with Gasteiger partial charge in [-0.15, -0.1) is 0 Å². The summed E-state index contributed by atoms with van der Waals surface area (Å²) in [5.41, 5.74) is 7.53. The van der Waals surface area contributed by atoms with Crippen molar-refractivity contribution in [1.29, 1.82) is 10.5 Å². The first kappa shape index (κ1) is 33.7. The van der Waals surface area contributed by atoms with Crippen molar-refractivity contribution < 1.29 is 31.1 Å². The molecule has 0 radical (unpaired) electrons. The maximum absolute atomic E-state index is 13.4. The SMILES string of the molecule is CCNC(=O)c1cc(/C(N)=C/N(N)c2ccc(C#N)c(C(F)(F)F)c2)nc(/C(N)=C/N(N)c2ccc(C#N)c(C(F)(F)F)c2)c1. The second-order valence-electron chi connectivity index (χ2n) is 9.15. The molecule has 17 heteroatoms. The van der Waals surface area contributed by atoms with Crippen LogP contribution in [0.5, 0.6) is 0 Å². The Morgan fingerprint density at radius 1 is 0.822 bits per heavy atom. The lowest BCUT2D eigenvalue weighted by atomic mass is 10.1. The highest BCUT2D eigenvalue weighted by atomic mass is 19.4. The number of hydrogen-bond acceptors (Lipinski definition) is 10. The minimum absolute atomic E-state index is 0.00726. The number of rotatable bonds is 8. The summed E-state index contributed by atoms with van der Waals surface area (Å²) in [6, 6.07) is 10.9. The molecule has 3 rings (SSSR count). The third kappa shape index (κ3) is 7.99. The highest BCUT2D eigenvalue weighted by molar-refractivity contribution is 5.95. The Labute approximate surface area is 252 Å². The molecular formula is C28H24F6N10O. The molecule has 0 bridgehead atoms. The molecule has 0 fully saturated rings. The number of carbonyl (C=O) groups is 1. The van der Waals surface area contributed by atoms with E-state index in [1.807, 2.05) is 0 Å². The summed E-state index contributed by atoms with van der Waals surface area (Å²) < 4.78 is 80.5. The molecule has 0 spiro atoms. The molecule has 0 saturated carbocycles. The number of hydrogen-bond donors (Lipinski definition) is 5. The lowest BCUT2D eigenvalue weighted by Gasteiger charge is -2.19. The number of aromatic nitrogens is 1. The van der Waals surface area contributed by atoms with Crippen molar-refractivity contribution in [1.82, 2.24) is 10.3 Å². The highest BCUT2D eigenvalue weighted by Gasteiger charge is 2.35. The van der Waals surface area contributed by atoms with Crippen molar-refractivity contribution in [2.45, 2.75) is 19.3 Å². The number of nitriles is 2. The number of anilines is 2. The Hall–Kier alpha value is -5.78. The molecule has 0 atom stereocenters. The fourth-order valence-electron chi connectivity index (χ4n) is 3.85. The quantitative estimate of drug-likeness (QED) is 0.138. The summed E-state index contributed by atoms with van der Waals surface area (Å²) in [7, 11) is 0. The lowest BCUT2D eigenvalue weighted by Crippen LogP contribution is -2.27. The lowest BCUT2D eigenvalue weighted by molar-refractivity contribution is -0.138. The molecule has 0 aliphatic carbocycles. The van der Waals surface area contributed by atoms with E-state index in [0.29, 0.717) is 12.1 Å². The Morgan fingerprint density at radius 2 is 1.22 bits per heavy atom. The molecule has 0 aliphatic rings. The van der Waals surface area contributed by atoms with Crippen LogP contribution in [0.4, 0.5) is 37.7 Å². The van der Waals surface area contributed by atoms with Crippen molar-refractivity contribution in [3.63, 3.8) is 0 Å². The fourth-order valence-corrected chi connectivity index (χ4v) is 3.85. The Morgan fingerprint density at radius 3 is 1.56 bits per heavy atom. The third-order valence-corrected chi connectivity index (χ3v) is 6.03. The van der Waals surface area contributed by atoms with Gasteiger partial charge in [-0.2, -0.15) is 36.9 Å². The predicted molar refractivity (Wildman–Crippen MR) is 152 cm³/mol. The van der Waals surface area contributed by atoms with Gasteiger partial charge < -0.3 is 16.8 Å². The topological polar surface area (TPSA) is 200 Å². The van der Waals surface area contributed by atoms with E-state index in [9.17, 15) is 31.1 Å². The van der Waals surface area contributed by atoms with E-state index in [4.69, 9.17) is 33.7 Å². The van der Waals surface area contributed by atoms with Crippen molar-refractivity contribution in [3.8, 4) is 12.1 Å². The minimum Gasteiger partial charge on any atom is -0.396 e. The molecule has 0 unspecified atom stereocenters. The van der Waals surface area contributed by atoms with Crippen LogP contribution in [0.1, 0.15) is 50.9 Å². The monoisotopic (exact) mass is 630 g/mol. The van der Waals surface area contributed by atoms with Gasteiger partial charge in [0, 0.05) is 24.5 Å². The number of benzene rings is 2. The molecule has 3 aromatic rings. The number of nitrogens with one attached hydrogen (secondary N) is 1. The van der Waals surface area contributed by atoms with Crippen molar-refractivity contribution >= 4 is 28.7 Å². The highest BCUT2D eigenvalue weighted by Crippen LogP contribution is 2.35. The van der Waals surface area contributed by atoms with E-state index < -0.39 is 40.5 Å². The van der Waals surface area contributed by atoms with Crippen LogP contribution in [-0.2, 0) is 12.4 Å². The van der Waals surface area contributed by atoms with E-state index in [1.165, 1.54) is 24.3 Å². The summed E-state index contributed by atoms with van der Waals surface area (Å²) in [4.78, 5) is 16.9. The largest absolute Gasteiger partial charge is 0.417 e. The number of nitrogens with zero attached hydrogens (tertiary/aromatic N) is 5. The third-order valence-electron chi connectivity index (χ3n) is 6.03. The van der Waals surface area contributed by atoms with E-state index in [2.05, 4.69) is 10.3 Å². The fraction of sp³-hybridized carbons (Fsp3) is 0.143. The van der Waals surface area contributed by atoms with Crippen LogP contribution >= 0.6 is 0 Å². The van der Waals surface area contributed by atoms with Crippen LogP contribution < -0.4 is 38.5 Å². The molecule has 11 nitrogen and oxygen atoms in total. The van der Waals surface area contributed by atoms with Gasteiger partial charge in [0.2, 0.25) is 0 Å². The van der Waals surface area contributed by atoms with Gasteiger partial charge >= 0.3 is 12.4 Å². The van der Waals surface area contributed by atoms with Crippen LogP contribution in [0.25, 0.3) is 11.4 Å². The van der Waals surface area contributed by atoms with Crippen molar-refractivity contribution in [2.75, 3.05) is 16.6 Å². The summed E-state index contributed by atoms with van der Waals surface area (Å²) in [6.07, 6.45) is -7.66. The summed E-state index contributed by atoms with van der Waals surface area (Å²) in [6.45, 7) is 1.89. The molecule has 2 aromatic carbocycles. The van der Waals surface area contributed by atoms with Gasteiger partial charge in [-0.05, 0) is 55.5 Å². The van der Waals surface area contributed by atoms with E-state index >= 15 is 0 Å². The normalized spacial score (nSPS) is 12.2.